The van der Waals surface area contributed by atoms with Crippen LogP contribution in [0.25, 0.3) is 11.1 Å². The molecule has 2 aliphatic rings. The highest BCUT2D eigenvalue weighted by atomic mass is 16.5. The first kappa shape index (κ1) is 16.4. The van der Waals surface area contributed by atoms with E-state index in [0.717, 1.165) is 42.8 Å². The summed E-state index contributed by atoms with van der Waals surface area (Å²) in [4.78, 5) is 14.7. The minimum Gasteiger partial charge on any atom is -0.490 e. The van der Waals surface area contributed by atoms with Crippen molar-refractivity contribution in [3.05, 3.63) is 58.6 Å². The van der Waals surface area contributed by atoms with E-state index in [1.807, 2.05) is 30.3 Å². The van der Waals surface area contributed by atoms with Crippen LogP contribution in [0.15, 0.2) is 51.7 Å². The zero-order valence-electron chi connectivity index (χ0n) is 15.1. The van der Waals surface area contributed by atoms with E-state index in [0.29, 0.717) is 25.5 Å². The van der Waals surface area contributed by atoms with Gasteiger partial charge in [0.05, 0.1) is 25.4 Å². The predicted molar refractivity (Wildman–Crippen MR) is 101 cm³/mol. The summed E-state index contributed by atoms with van der Waals surface area (Å²) in [5.74, 6) is 1.33. The van der Waals surface area contributed by atoms with Gasteiger partial charge in [-0.1, -0.05) is 18.2 Å². The number of oxazole rings is 1. The lowest BCUT2D eigenvalue weighted by atomic mass is 10.0. The maximum Gasteiger partial charge on any atom is 0.421 e. The Hall–Kier alpha value is -2.73. The van der Waals surface area contributed by atoms with Crippen molar-refractivity contribution in [3.63, 3.8) is 0 Å². The Kier molecular flexibility index (Phi) is 4.13. The number of likely N-dealkylation sites (tertiary alicyclic amines) is 1. The fourth-order valence-electron chi connectivity index (χ4n) is 4.09. The van der Waals surface area contributed by atoms with Gasteiger partial charge in [0.15, 0.2) is 17.1 Å². The van der Waals surface area contributed by atoms with Crippen LogP contribution in [0.1, 0.15) is 30.9 Å². The maximum absolute atomic E-state index is 12.3. The standard InChI is InChI=1S/C21H22N2O4/c24-21-23(17-5-1-2-7-18(17)27-21)14-22-10-3-6-16(22)15-8-9-19-20(13-15)26-12-4-11-25-19/h1-2,5,7-9,13,16H,3-4,6,10-12,14H2/t16-/m0/s1. The SMILES string of the molecule is O=c1oc2ccccc2n1CN1CCC[C@H]1c1ccc2c(c1)OCCCO2. The third-order valence-electron chi connectivity index (χ3n) is 5.42. The third kappa shape index (κ3) is 3.00. The lowest BCUT2D eigenvalue weighted by Gasteiger charge is -2.25. The summed E-state index contributed by atoms with van der Waals surface area (Å²) in [5, 5.41) is 0. The van der Waals surface area contributed by atoms with Crippen molar-refractivity contribution in [2.24, 2.45) is 0 Å². The Labute approximate surface area is 156 Å². The quantitative estimate of drug-likeness (QED) is 0.710. The number of hydrogen-bond acceptors (Lipinski definition) is 5. The van der Waals surface area contributed by atoms with Crippen LogP contribution in [-0.4, -0.2) is 29.2 Å². The van der Waals surface area contributed by atoms with Crippen molar-refractivity contribution in [2.45, 2.75) is 32.0 Å². The molecule has 0 amide bonds. The fraction of sp³-hybridized carbons (Fsp3) is 0.381. The van der Waals surface area contributed by atoms with E-state index in [1.165, 1.54) is 5.56 Å². The van der Waals surface area contributed by atoms with Crippen LogP contribution in [-0.2, 0) is 6.67 Å². The van der Waals surface area contributed by atoms with Crippen molar-refractivity contribution >= 4 is 11.1 Å². The van der Waals surface area contributed by atoms with Crippen LogP contribution in [0.2, 0.25) is 0 Å². The smallest absolute Gasteiger partial charge is 0.421 e. The van der Waals surface area contributed by atoms with Gasteiger partial charge in [-0.05, 0) is 42.7 Å². The first-order valence-electron chi connectivity index (χ1n) is 9.51. The lowest BCUT2D eigenvalue weighted by molar-refractivity contribution is 0.197. The molecule has 6 heteroatoms. The molecule has 5 rings (SSSR count). The molecule has 0 bridgehead atoms. The predicted octanol–water partition coefficient (Wildman–Crippen LogP) is 3.55. The summed E-state index contributed by atoms with van der Waals surface area (Å²) in [6, 6.07) is 14.0. The van der Waals surface area contributed by atoms with Gasteiger partial charge in [-0.2, -0.15) is 0 Å². The maximum atomic E-state index is 12.3. The summed E-state index contributed by atoms with van der Waals surface area (Å²) >= 11 is 0. The van der Waals surface area contributed by atoms with Gasteiger partial charge < -0.3 is 13.9 Å². The fourth-order valence-corrected chi connectivity index (χ4v) is 4.09. The Morgan fingerprint density at radius 2 is 1.85 bits per heavy atom. The van der Waals surface area contributed by atoms with E-state index in [9.17, 15) is 4.79 Å². The summed E-state index contributed by atoms with van der Waals surface area (Å²) in [6.45, 7) is 2.85. The molecule has 1 atom stereocenters. The zero-order chi connectivity index (χ0) is 18.2. The zero-order valence-corrected chi connectivity index (χ0v) is 15.1. The van der Waals surface area contributed by atoms with Crippen molar-refractivity contribution in [1.82, 2.24) is 9.47 Å². The molecule has 1 saturated heterocycles. The molecule has 0 aliphatic carbocycles. The number of nitrogens with zero attached hydrogens (tertiary/aromatic N) is 2. The van der Waals surface area contributed by atoms with Gasteiger partial charge in [0, 0.05) is 19.0 Å². The molecule has 0 unspecified atom stereocenters. The summed E-state index contributed by atoms with van der Waals surface area (Å²) in [7, 11) is 0. The van der Waals surface area contributed by atoms with Crippen LogP contribution >= 0.6 is 0 Å². The van der Waals surface area contributed by atoms with Crippen molar-refractivity contribution in [3.8, 4) is 11.5 Å². The molecule has 2 aromatic carbocycles. The van der Waals surface area contributed by atoms with E-state index in [4.69, 9.17) is 13.9 Å². The molecule has 27 heavy (non-hydrogen) atoms. The molecular weight excluding hydrogens is 344 g/mol. The van der Waals surface area contributed by atoms with Crippen molar-refractivity contribution in [1.29, 1.82) is 0 Å². The van der Waals surface area contributed by atoms with E-state index in [-0.39, 0.29) is 11.8 Å². The first-order chi connectivity index (χ1) is 13.3. The second kappa shape index (κ2) is 6.78. The molecule has 140 valence electrons. The number of aromatic nitrogens is 1. The Morgan fingerprint density at radius 3 is 2.78 bits per heavy atom. The summed E-state index contributed by atoms with van der Waals surface area (Å²) in [6.07, 6.45) is 3.06. The molecule has 0 radical (unpaired) electrons. The minimum absolute atomic E-state index is 0.253. The third-order valence-corrected chi connectivity index (χ3v) is 5.42. The molecule has 1 aromatic heterocycles. The summed E-state index contributed by atoms with van der Waals surface area (Å²) < 4.78 is 18.7. The molecule has 3 heterocycles. The van der Waals surface area contributed by atoms with E-state index in [2.05, 4.69) is 17.0 Å². The van der Waals surface area contributed by atoms with Gasteiger partial charge in [0.25, 0.3) is 0 Å². The highest BCUT2D eigenvalue weighted by Crippen LogP contribution is 2.38. The molecule has 0 N–H and O–H groups in total. The normalized spacial score (nSPS) is 20.1. The van der Waals surface area contributed by atoms with Gasteiger partial charge >= 0.3 is 5.76 Å². The lowest BCUT2D eigenvalue weighted by Crippen LogP contribution is -2.30. The summed E-state index contributed by atoms with van der Waals surface area (Å²) in [5.41, 5.74) is 2.68. The topological polar surface area (TPSA) is 56.8 Å². The molecular formula is C21H22N2O4. The number of para-hydroxylation sites is 2. The number of ether oxygens (including phenoxy) is 2. The number of hydrogen-bond donors (Lipinski definition) is 0. The number of benzene rings is 2. The number of fused-ring (bicyclic) bond motifs is 2. The van der Waals surface area contributed by atoms with Crippen LogP contribution < -0.4 is 15.2 Å². The van der Waals surface area contributed by atoms with Crippen LogP contribution in [0.5, 0.6) is 11.5 Å². The second-order valence-electron chi connectivity index (χ2n) is 7.13. The van der Waals surface area contributed by atoms with Crippen molar-refractivity contribution < 1.29 is 13.9 Å². The van der Waals surface area contributed by atoms with Crippen LogP contribution in [0, 0.1) is 0 Å². The van der Waals surface area contributed by atoms with E-state index < -0.39 is 0 Å². The highest BCUT2D eigenvalue weighted by Gasteiger charge is 2.28. The van der Waals surface area contributed by atoms with E-state index >= 15 is 0 Å². The highest BCUT2D eigenvalue weighted by molar-refractivity contribution is 5.72. The monoisotopic (exact) mass is 366 g/mol. The van der Waals surface area contributed by atoms with Gasteiger partial charge in [-0.3, -0.25) is 9.47 Å². The van der Waals surface area contributed by atoms with Crippen LogP contribution in [0.4, 0.5) is 0 Å². The van der Waals surface area contributed by atoms with Gasteiger partial charge in [0.1, 0.15) is 0 Å². The first-order valence-corrected chi connectivity index (χ1v) is 9.51. The molecule has 0 spiro atoms. The Bertz CT molecular complexity index is 1020. The Balaban J connectivity index is 1.44. The molecule has 2 aliphatic heterocycles. The van der Waals surface area contributed by atoms with E-state index in [1.54, 1.807) is 4.57 Å². The van der Waals surface area contributed by atoms with Gasteiger partial charge in [0.2, 0.25) is 0 Å². The van der Waals surface area contributed by atoms with Crippen LogP contribution in [0.3, 0.4) is 0 Å². The van der Waals surface area contributed by atoms with Gasteiger partial charge in [-0.15, -0.1) is 0 Å². The second-order valence-corrected chi connectivity index (χ2v) is 7.13. The average molecular weight is 366 g/mol. The molecule has 1 fully saturated rings. The molecule has 3 aromatic rings. The molecule has 6 nitrogen and oxygen atoms in total. The Morgan fingerprint density at radius 1 is 1.00 bits per heavy atom. The number of rotatable bonds is 3. The minimum atomic E-state index is -0.305. The largest absolute Gasteiger partial charge is 0.490 e. The average Bonchev–Trinajstić information content (AvgIpc) is 3.18. The molecule has 0 saturated carbocycles. The van der Waals surface area contributed by atoms with Gasteiger partial charge in [-0.25, -0.2) is 4.79 Å². The van der Waals surface area contributed by atoms with Crippen molar-refractivity contribution in [2.75, 3.05) is 19.8 Å².